The first-order valence-electron chi connectivity index (χ1n) is 5.86. The zero-order valence-corrected chi connectivity index (χ0v) is 12.4. The van der Waals surface area contributed by atoms with Gasteiger partial charge in [-0.1, -0.05) is 29.3 Å². The molecule has 5 nitrogen and oxygen atoms in total. The summed E-state index contributed by atoms with van der Waals surface area (Å²) in [7, 11) is 2.70. The van der Waals surface area contributed by atoms with E-state index in [1.165, 1.54) is 14.1 Å². The van der Waals surface area contributed by atoms with Crippen molar-refractivity contribution in [2.75, 3.05) is 14.1 Å². The quantitative estimate of drug-likeness (QED) is 0.786. The van der Waals surface area contributed by atoms with Crippen molar-refractivity contribution >= 4 is 41.0 Å². The molecule has 1 saturated heterocycles. The molecule has 7 heteroatoms. The van der Waals surface area contributed by atoms with Gasteiger partial charge in [0.15, 0.2) is 0 Å². The lowest BCUT2D eigenvalue weighted by molar-refractivity contribution is -0.147. The molecule has 4 amide bonds. The maximum absolute atomic E-state index is 12.1. The van der Waals surface area contributed by atoms with Gasteiger partial charge in [0.05, 0.1) is 0 Å². The first kappa shape index (κ1) is 14.8. The summed E-state index contributed by atoms with van der Waals surface area (Å²) in [5, 5.41) is 0.866. The van der Waals surface area contributed by atoms with Gasteiger partial charge in [0.1, 0.15) is 5.92 Å². The molecule has 1 aromatic carbocycles. The van der Waals surface area contributed by atoms with Crippen LogP contribution in [-0.2, 0) is 16.0 Å². The molecule has 1 fully saturated rings. The van der Waals surface area contributed by atoms with Gasteiger partial charge >= 0.3 is 6.03 Å². The lowest BCUT2D eigenvalue weighted by atomic mass is 9.95. The molecule has 1 heterocycles. The van der Waals surface area contributed by atoms with Crippen LogP contribution < -0.4 is 0 Å². The summed E-state index contributed by atoms with van der Waals surface area (Å²) in [6.07, 6.45) is 0.135. The molecule has 1 aliphatic heterocycles. The van der Waals surface area contributed by atoms with Crippen LogP contribution in [-0.4, -0.2) is 41.7 Å². The molecule has 0 radical (unpaired) electrons. The SMILES string of the molecule is CN1C(=O)C(Cc2ccc(Cl)cc2Cl)C(=O)N(C)C1=O. The van der Waals surface area contributed by atoms with E-state index >= 15 is 0 Å². The molecular formula is C13H12Cl2N2O3. The minimum absolute atomic E-state index is 0.135. The normalized spacial score (nSPS) is 17.1. The number of nitrogens with zero attached hydrogens (tertiary/aromatic N) is 2. The fourth-order valence-electron chi connectivity index (χ4n) is 2.07. The highest BCUT2D eigenvalue weighted by atomic mass is 35.5. The van der Waals surface area contributed by atoms with Gasteiger partial charge in [-0.3, -0.25) is 19.4 Å². The Bertz CT molecular complexity index is 579. The van der Waals surface area contributed by atoms with Gasteiger partial charge < -0.3 is 0 Å². The predicted octanol–water partition coefficient (Wildman–Crippen LogP) is 2.20. The van der Waals surface area contributed by atoms with Crippen molar-refractivity contribution in [2.45, 2.75) is 6.42 Å². The number of urea groups is 1. The lowest BCUT2D eigenvalue weighted by Crippen LogP contribution is -2.57. The third kappa shape index (κ3) is 2.51. The minimum Gasteiger partial charge on any atom is -0.273 e. The number of hydrogen-bond donors (Lipinski definition) is 0. The van der Waals surface area contributed by atoms with Gasteiger partial charge in [-0.05, 0) is 24.1 Å². The molecule has 0 atom stereocenters. The van der Waals surface area contributed by atoms with Crippen LogP contribution in [0.2, 0.25) is 10.0 Å². The van der Waals surface area contributed by atoms with Crippen LogP contribution in [0, 0.1) is 5.92 Å². The van der Waals surface area contributed by atoms with Crippen LogP contribution in [0.3, 0.4) is 0 Å². The van der Waals surface area contributed by atoms with Crippen LogP contribution in [0.1, 0.15) is 5.56 Å². The highest BCUT2D eigenvalue weighted by Gasteiger charge is 2.42. The first-order chi connectivity index (χ1) is 9.32. The van der Waals surface area contributed by atoms with E-state index in [0.717, 1.165) is 9.80 Å². The van der Waals surface area contributed by atoms with E-state index in [0.29, 0.717) is 15.6 Å². The molecule has 0 bridgehead atoms. The van der Waals surface area contributed by atoms with Crippen molar-refractivity contribution in [2.24, 2.45) is 5.92 Å². The largest absolute Gasteiger partial charge is 0.332 e. The molecule has 0 aromatic heterocycles. The van der Waals surface area contributed by atoms with E-state index in [9.17, 15) is 14.4 Å². The maximum atomic E-state index is 12.1. The zero-order valence-electron chi connectivity index (χ0n) is 10.9. The molecule has 0 aliphatic carbocycles. The van der Waals surface area contributed by atoms with Gasteiger partial charge in [0.2, 0.25) is 11.8 Å². The molecule has 0 N–H and O–H groups in total. The lowest BCUT2D eigenvalue weighted by Gasteiger charge is -2.32. The van der Waals surface area contributed by atoms with Crippen LogP contribution >= 0.6 is 23.2 Å². The summed E-state index contributed by atoms with van der Waals surface area (Å²) in [6.45, 7) is 0. The second-order valence-corrected chi connectivity index (χ2v) is 5.41. The highest BCUT2D eigenvalue weighted by molar-refractivity contribution is 6.35. The molecule has 106 valence electrons. The van der Waals surface area contributed by atoms with Gasteiger partial charge in [-0.2, -0.15) is 0 Å². The predicted molar refractivity (Wildman–Crippen MR) is 74.6 cm³/mol. The van der Waals surface area contributed by atoms with Crippen LogP contribution in [0.15, 0.2) is 18.2 Å². The van der Waals surface area contributed by atoms with Gasteiger partial charge in [-0.25, -0.2) is 4.79 Å². The number of imide groups is 2. The van der Waals surface area contributed by atoms with Gasteiger partial charge in [-0.15, -0.1) is 0 Å². The van der Waals surface area contributed by atoms with Crippen LogP contribution in [0.4, 0.5) is 4.79 Å². The average molecular weight is 315 g/mol. The van der Waals surface area contributed by atoms with Crippen molar-refractivity contribution in [3.8, 4) is 0 Å². The average Bonchev–Trinajstić information content (AvgIpc) is 2.41. The first-order valence-corrected chi connectivity index (χ1v) is 6.61. The Balaban J connectivity index is 2.29. The number of carbonyl (C=O) groups excluding carboxylic acids is 3. The summed E-state index contributed by atoms with van der Waals surface area (Å²) in [5.74, 6) is -1.99. The summed E-state index contributed by atoms with van der Waals surface area (Å²) in [5.41, 5.74) is 0.638. The van der Waals surface area contributed by atoms with E-state index < -0.39 is 23.8 Å². The Labute approximate surface area is 126 Å². The number of halogens is 2. The second kappa shape index (κ2) is 5.42. The van der Waals surface area contributed by atoms with E-state index in [1.807, 2.05) is 0 Å². The fraction of sp³-hybridized carbons (Fsp3) is 0.308. The minimum atomic E-state index is -0.943. The molecular weight excluding hydrogens is 303 g/mol. The van der Waals surface area contributed by atoms with E-state index in [2.05, 4.69) is 0 Å². The summed E-state index contributed by atoms with van der Waals surface area (Å²) in [4.78, 5) is 37.6. The Hall–Kier alpha value is -1.59. The van der Waals surface area contributed by atoms with Crippen molar-refractivity contribution in [1.82, 2.24) is 9.80 Å². The van der Waals surface area contributed by atoms with Crippen molar-refractivity contribution < 1.29 is 14.4 Å². The topological polar surface area (TPSA) is 57.7 Å². The van der Waals surface area contributed by atoms with Crippen LogP contribution in [0.25, 0.3) is 0 Å². The van der Waals surface area contributed by atoms with E-state index in [4.69, 9.17) is 23.2 Å². The Morgan fingerprint density at radius 1 is 1.05 bits per heavy atom. The molecule has 0 unspecified atom stereocenters. The smallest absolute Gasteiger partial charge is 0.273 e. The molecule has 20 heavy (non-hydrogen) atoms. The number of carbonyl (C=O) groups is 3. The van der Waals surface area contributed by atoms with Gasteiger partial charge in [0, 0.05) is 24.1 Å². The standard InChI is InChI=1S/C13H12Cl2N2O3/c1-16-11(18)9(12(19)17(2)13(16)20)5-7-3-4-8(14)6-10(7)15/h3-4,6,9H,5H2,1-2H3. The Kier molecular flexibility index (Phi) is 4.01. The Morgan fingerprint density at radius 3 is 2.10 bits per heavy atom. The van der Waals surface area contributed by atoms with Crippen molar-refractivity contribution in [3.63, 3.8) is 0 Å². The van der Waals surface area contributed by atoms with E-state index in [1.54, 1.807) is 18.2 Å². The number of amides is 4. The molecule has 0 saturated carbocycles. The van der Waals surface area contributed by atoms with Crippen LogP contribution in [0.5, 0.6) is 0 Å². The molecule has 2 rings (SSSR count). The highest BCUT2D eigenvalue weighted by Crippen LogP contribution is 2.26. The zero-order chi connectivity index (χ0) is 15.0. The summed E-state index contributed by atoms with van der Waals surface area (Å²) in [6, 6.07) is 4.23. The second-order valence-electron chi connectivity index (χ2n) is 4.57. The molecule has 1 aromatic rings. The van der Waals surface area contributed by atoms with Crippen molar-refractivity contribution in [1.29, 1.82) is 0 Å². The Morgan fingerprint density at radius 2 is 1.60 bits per heavy atom. The summed E-state index contributed by atoms with van der Waals surface area (Å²) < 4.78 is 0. The third-order valence-corrected chi connectivity index (χ3v) is 3.86. The fourth-order valence-corrected chi connectivity index (χ4v) is 2.55. The number of benzene rings is 1. The maximum Gasteiger partial charge on any atom is 0.332 e. The molecule has 1 aliphatic rings. The summed E-state index contributed by atoms with van der Waals surface area (Å²) >= 11 is 11.8. The number of rotatable bonds is 2. The van der Waals surface area contributed by atoms with E-state index in [-0.39, 0.29) is 6.42 Å². The van der Waals surface area contributed by atoms with Crippen molar-refractivity contribution in [3.05, 3.63) is 33.8 Å². The number of barbiturate groups is 1. The monoisotopic (exact) mass is 314 g/mol. The third-order valence-electron chi connectivity index (χ3n) is 3.27. The molecule has 0 spiro atoms. The van der Waals surface area contributed by atoms with Gasteiger partial charge in [0.25, 0.3) is 0 Å². The number of hydrogen-bond acceptors (Lipinski definition) is 3.